The van der Waals surface area contributed by atoms with Crippen LogP contribution in [0.25, 0.3) is 0 Å². The maximum atomic E-state index is 11.6. The second kappa shape index (κ2) is 13.8. The lowest BCUT2D eigenvalue weighted by molar-refractivity contribution is 0.0779. The summed E-state index contributed by atoms with van der Waals surface area (Å²) in [7, 11) is 2.09. The highest BCUT2D eigenvalue weighted by Crippen LogP contribution is 2.01. The van der Waals surface area contributed by atoms with E-state index in [1.165, 1.54) is 0 Å². The second-order valence-corrected chi connectivity index (χ2v) is 5.40. The number of amides is 1. The molecule has 0 aliphatic carbocycles. The lowest BCUT2D eigenvalue weighted by Gasteiger charge is -2.33. The normalized spacial score (nSPS) is 17.2. The van der Waals surface area contributed by atoms with Crippen LogP contribution in [0.2, 0.25) is 0 Å². The lowest BCUT2D eigenvalue weighted by Crippen LogP contribution is -2.48. The van der Waals surface area contributed by atoms with Gasteiger partial charge in [-0.2, -0.15) is 0 Å². The number of nitrogens with zero attached hydrogens (tertiary/aromatic N) is 2. The first-order chi connectivity index (χ1) is 11.5. The van der Waals surface area contributed by atoms with Crippen LogP contribution in [0.15, 0.2) is 37.0 Å². The zero-order chi connectivity index (χ0) is 18.4. The first-order valence-electron chi connectivity index (χ1n) is 8.48. The SMILES string of the molecule is C=C/C=C(\C=C)COC(=O)NCC(O)CN1CCN(C)CC1.CC. The van der Waals surface area contributed by atoms with E-state index in [0.29, 0.717) is 6.54 Å². The Balaban J connectivity index is 0.00000254. The van der Waals surface area contributed by atoms with Gasteiger partial charge in [0.25, 0.3) is 0 Å². The number of ether oxygens (including phenoxy) is 1. The quantitative estimate of drug-likeness (QED) is 0.658. The molecule has 1 atom stereocenters. The van der Waals surface area contributed by atoms with Crippen molar-refractivity contribution in [3.63, 3.8) is 0 Å². The Morgan fingerprint density at radius 1 is 1.29 bits per heavy atom. The third-order valence-corrected chi connectivity index (χ3v) is 3.51. The summed E-state index contributed by atoms with van der Waals surface area (Å²) < 4.78 is 5.03. The summed E-state index contributed by atoms with van der Waals surface area (Å²) in [6.45, 7) is 16.0. The Bertz CT molecular complexity index is 402. The molecule has 0 saturated carbocycles. The van der Waals surface area contributed by atoms with Gasteiger partial charge in [0.2, 0.25) is 0 Å². The number of alkyl carbamates (subject to hydrolysis) is 1. The molecule has 1 saturated heterocycles. The van der Waals surface area contributed by atoms with Gasteiger partial charge in [0.15, 0.2) is 0 Å². The van der Waals surface area contributed by atoms with E-state index in [0.717, 1.165) is 31.8 Å². The van der Waals surface area contributed by atoms with Crippen LogP contribution in [-0.2, 0) is 4.74 Å². The van der Waals surface area contributed by atoms with Gasteiger partial charge in [0.05, 0.1) is 6.10 Å². The lowest BCUT2D eigenvalue weighted by atomic mass is 10.2. The number of β-amino-alcohol motifs (C(OH)–C–C–N with tert-alkyl or cyclic N) is 1. The van der Waals surface area contributed by atoms with Gasteiger partial charge in [-0.05, 0) is 12.6 Å². The minimum atomic E-state index is -0.599. The number of carbonyl (C=O) groups excluding carboxylic acids is 1. The van der Waals surface area contributed by atoms with E-state index >= 15 is 0 Å². The summed E-state index contributed by atoms with van der Waals surface area (Å²) >= 11 is 0. The van der Waals surface area contributed by atoms with Crippen LogP contribution in [0, 0.1) is 0 Å². The molecule has 2 N–H and O–H groups in total. The minimum absolute atomic E-state index is 0.135. The van der Waals surface area contributed by atoms with Crippen molar-refractivity contribution in [3.05, 3.63) is 37.0 Å². The summed E-state index contributed by atoms with van der Waals surface area (Å²) in [5.74, 6) is 0. The number of piperazine rings is 1. The molecule has 1 aliphatic heterocycles. The molecule has 0 aromatic carbocycles. The average Bonchev–Trinajstić information content (AvgIpc) is 2.60. The second-order valence-electron chi connectivity index (χ2n) is 5.40. The van der Waals surface area contributed by atoms with Crippen molar-refractivity contribution in [1.29, 1.82) is 0 Å². The largest absolute Gasteiger partial charge is 0.445 e. The van der Waals surface area contributed by atoms with Crippen molar-refractivity contribution in [2.24, 2.45) is 0 Å². The van der Waals surface area contributed by atoms with E-state index in [-0.39, 0.29) is 13.2 Å². The number of rotatable bonds is 8. The fourth-order valence-corrected chi connectivity index (χ4v) is 2.12. The Morgan fingerprint density at radius 3 is 2.46 bits per heavy atom. The van der Waals surface area contributed by atoms with Crippen LogP contribution in [0.5, 0.6) is 0 Å². The molecule has 0 aromatic rings. The van der Waals surface area contributed by atoms with E-state index < -0.39 is 12.2 Å². The molecule has 0 aromatic heterocycles. The fourth-order valence-electron chi connectivity index (χ4n) is 2.12. The molecule has 6 nitrogen and oxygen atoms in total. The highest BCUT2D eigenvalue weighted by molar-refractivity contribution is 5.67. The van der Waals surface area contributed by atoms with Gasteiger partial charge in [0, 0.05) is 39.3 Å². The summed E-state index contributed by atoms with van der Waals surface area (Å²) in [5, 5.41) is 12.5. The Hall–Kier alpha value is -1.63. The third kappa shape index (κ3) is 10.2. The maximum absolute atomic E-state index is 11.6. The first-order valence-corrected chi connectivity index (χ1v) is 8.48. The minimum Gasteiger partial charge on any atom is -0.445 e. The molecular formula is C18H33N3O3. The molecule has 6 heteroatoms. The molecular weight excluding hydrogens is 306 g/mol. The van der Waals surface area contributed by atoms with E-state index in [4.69, 9.17) is 4.74 Å². The average molecular weight is 339 g/mol. The number of nitrogens with one attached hydrogen (secondary N) is 1. The van der Waals surface area contributed by atoms with Gasteiger partial charge in [-0.1, -0.05) is 45.2 Å². The fraction of sp³-hybridized carbons (Fsp3) is 0.611. The van der Waals surface area contributed by atoms with Crippen molar-refractivity contribution in [2.45, 2.75) is 20.0 Å². The van der Waals surface area contributed by atoms with E-state index in [2.05, 4.69) is 35.3 Å². The molecule has 0 bridgehead atoms. The van der Waals surface area contributed by atoms with Crippen molar-refractivity contribution >= 4 is 6.09 Å². The Labute approximate surface area is 146 Å². The van der Waals surface area contributed by atoms with Gasteiger partial charge in [-0.25, -0.2) is 4.79 Å². The van der Waals surface area contributed by atoms with Crippen molar-refractivity contribution in [2.75, 3.05) is 52.9 Å². The monoisotopic (exact) mass is 339 g/mol. The molecule has 1 unspecified atom stereocenters. The number of aliphatic hydroxyl groups is 1. The molecule has 1 aliphatic rings. The van der Waals surface area contributed by atoms with Gasteiger partial charge in [0.1, 0.15) is 6.61 Å². The summed E-state index contributed by atoms with van der Waals surface area (Å²) in [6, 6.07) is 0. The third-order valence-electron chi connectivity index (χ3n) is 3.51. The van der Waals surface area contributed by atoms with Crippen LogP contribution in [0.1, 0.15) is 13.8 Å². The molecule has 1 amide bonds. The van der Waals surface area contributed by atoms with E-state index in [9.17, 15) is 9.90 Å². The molecule has 1 fully saturated rings. The number of hydrogen-bond donors (Lipinski definition) is 2. The first kappa shape index (κ1) is 22.4. The van der Waals surface area contributed by atoms with Gasteiger partial charge < -0.3 is 20.1 Å². The standard InChI is InChI=1S/C16H27N3O3.C2H6/c1-4-6-14(5-2)13-22-16(21)17-11-15(20)12-19-9-7-18(3)8-10-19;1-2/h4-6,15,20H,1-2,7-13H2,3H3,(H,17,21);1-2H3/b14-6+;. The van der Waals surface area contributed by atoms with E-state index in [1.807, 2.05) is 13.8 Å². The molecule has 0 radical (unpaired) electrons. The summed E-state index contributed by atoms with van der Waals surface area (Å²) in [4.78, 5) is 16.0. The maximum Gasteiger partial charge on any atom is 0.407 e. The van der Waals surface area contributed by atoms with Crippen LogP contribution < -0.4 is 5.32 Å². The topological polar surface area (TPSA) is 65.0 Å². The van der Waals surface area contributed by atoms with Gasteiger partial charge in [-0.15, -0.1) is 0 Å². The zero-order valence-electron chi connectivity index (χ0n) is 15.3. The van der Waals surface area contributed by atoms with Crippen molar-refractivity contribution in [1.82, 2.24) is 15.1 Å². The molecule has 138 valence electrons. The highest BCUT2D eigenvalue weighted by Gasteiger charge is 2.17. The van der Waals surface area contributed by atoms with Gasteiger partial charge >= 0.3 is 6.09 Å². The number of likely N-dealkylation sites (N-methyl/N-ethyl adjacent to an activating group) is 1. The van der Waals surface area contributed by atoms with Crippen LogP contribution in [0.4, 0.5) is 4.79 Å². The Morgan fingerprint density at radius 2 is 1.92 bits per heavy atom. The smallest absolute Gasteiger partial charge is 0.407 e. The van der Waals surface area contributed by atoms with Crippen molar-refractivity contribution < 1.29 is 14.6 Å². The predicted molar refractivity (Wildman–Crippen MR) is 99.1 cm³/mol. The number of carbonyl (C=O) groups is 1. The number of allylic oxidation sites excluding steroid dienone is 2. The highest BCUT2D eigenvalue weighted by atomic mass is 16.5. The summed E-state index contributed by atoms with van der Waals surface area (Å²) in [6.07, 6.45) is 3.80. The van der Waals surface area contributed by atoms with Crippen LogP contribution in [0.3, 0.4) is 0 Å². The molecule has 24 heavy (non-hydrogen) atoms. The van der Waals surface area contributed by atoms with Crippen LogP contribution >= 0.6 is 0 Å². The number of aliphatic hydroxyl groups excluding tert-OH is 1. The Kier molecular flexibility index (Phi) is 12.8. The van der Waals surface area contributed by atoms with E-state index in [1.54, 1.807) is 18.2 Å². The molecule has 0 spiro atoms. The van der Waals surface area contributed by atoms with Crippen molar-refractivity contribution in [3.8, 4) is 0 Å². The molecule has 1 rings (SSSR count). The van der Waals surface area contributed by atoms with Gasteiger partial charge in [-0.3, -0.25) is 4.90 Å². The predicted octanol–water partition coefficient (Wildman–Crippen LogP) is 1.65. The zero-order valence-corrected chi connectivity index (χ0v) is 15.3. The molecule has 1 heterocycles. The summed E-state index contributed by atoms with van der Waals surface area (Å²) in [5.41, 5.74) is 0.767. The van der Waals surface area contributed by atoms with Crippen LogP contribution in [-0.4, -0.2) is 80.0 Å². The number of hydrogen-bond acceptors (Lipinski definition) is 5.